The lowest BCUT2D eigenvalue weighted by molar-refractivity contribution is -0.131. The minimum absolute atomic E-state index is 0.00466. The van der Waals surface area contributed by atoms with Gasteiger partial charge in [-0.25, -0.2) is 0 Å². The lowest BCUT2D eigenvalue weighted by atomic mass is 10.0. The molecule has 0 saturated carbocycles. The van der Waals surface area contributed by atoms with Gasteiger partial charge >= 0.3 is 0 Å². The van der Waals surface area contributed by atoms with Gasteiger partial charge in [-0.3, -0.25) is 4.79 Å². The predicted octanol–water partition coefficient (Wildman–Crippen LogP) is 4.37. The molecule has 3 rings (SSSR count). The van der Waals surface area contributed by atoms with Gasteiger partial charge < -0.3 is 19.7 Å². The molecule has 28 heavy (non-hydrogen) atoms. The summed E-state index contributed by atoms with van der Waals surface area (Å²) in [6.07, 6.45) is 1.88. The van der Waals surface area contributed by atoms with Crippen LogP contribution in [-0.2, 0) is 4.79 Å². The van der Waals surface area contributed by atoms with E-state index in [4.69, 9.17) is 21.1 Å². The van der Waals surface area contributed by atoms with Crippen molar-refractivity contribution in [1.29, 1.82) is 0 Å². The molecular weight excluding hydrogens is 376 g/mol. The molecule has 0 spiro atoms. The first-order valence-corrected chi connectivity index (χ1v) is 9.92. The van der Waals surface area contributed by atoms with E-state index in [1.165, 1.54) is 0 Å². The molecule has 1 aliphatic rings. The molecule has 0 bridgehead atoms. The van der Waals surface area contributed by atoms with Gasteiger partial charge in [-0.1, -0.05) is 29.8 Å². The molecular formula is C22H27ClN2O3. The fourth-order valence-corrected chi connectivity index (χ4v) is 4.07. The number of nitrogens with one attached hydrogen (secondary N) is 1. The topological polar surface area (TPSA) is 50.8 Å². The number of ether oxygens (including phenoxy) is 2. The van der Waals surface area contributed by atoms with Crippen molar-refractivity contribution in [3.63, 3.8) is 0 Å². The molecule has 1 saturated heterocycles. The number of amides is 1. The van der Waals surface area contributed by atoms with Gasteiger partial charge in [0.05, 0.1) is 26.8 Å². The number of methoxy groups -OCH3 is 2. The Morgan fingerprint density at radius 3 is 2.75 bits per heavy atom. The zero-order chi connectivity index (χ0) is 20.1. The van der Waals surface area contributed by atoms with Gasteiger partial charge in [0.2, 0.25) is 5.91 Å². The summed E-state index contributed by atoms with van der Waals surface area (Å²) in [6.45, 7) is 3.02. The van der Waals surface area contributed by atoms with Gasteiger partial charge in [-0.2, -0.15) is 0 Å². The number of benzene rings is 2. The van der Waals surface area contributed by atoms with E-state index >= 15 is 0 Å². The Bertz CT molecular complexity index is 827. The number of likely N-dealkylation sites (tertiary alicyclic amines) is 1. The third-order valence-corrected chi connectivity index (χ3v) is 5.64. The van der Waals surface area contributed by atoms with Crippen LogP contribution >= 0.6 is 11.6 Å². The van der Waals surface area contributed by atoms with Crippen LogP contribution in [0, 0.1) is 0 Å². The second kappa shape index (κ2) is 9.30. The van der Waals surface area contributed by atoms with E-state index in [0.717, 1.165) is 42.0 Å². The van der Waals surface area contributed by atoms with E-state index in [1.54, 1.807) is 14.2 Å². The maximum Gasteiger partial charge on any atom is 0.237 e. The number of carbonyl (C=O) groups excluding carboxylic acids is 1. The fraction of sp³-hybridized carbons (Fsp3) is 0.409. The third-order valence-electron chi connectivity index (χ3n) is 5.30. The Labute approximate surface area is 171 Å². The second-order valence-corrected chi connectivity index (χ2v) is 7.38. The number of hydrogen-bond donors (Lipinski definition) is 1. The highest BCUT2D eigenvalue weighted by Crippen LogP contribution is 2.38. The predicted molar refractivity (Wildman–Crippen MR) is 111 cm³/mol. The first-order chi connectivity index (χ1) is 13.5. The molecule has 0 aromatic heterocycles. The average molecular weight is 403 g/mol. The largest absolute Gasteiger partial charge is 0.497 e. The van der Waals surface area contributed by atoms with Crippen LogP contribution in [0.1, 0.15) is 43.0 Å². The van der Waals surface area contributed by atoms with Crippen LogP contribution in [0.15, 0.2) is 42.5 Å². The van der Waals surface area contributed by atoms with Crippen molar-refractivity contribution in [3.8, 4) is 11.5 Å². The summed E-state index contributed by atoms with van der Waals surface area (Å²) in [4.78, 5) is 14.9. The molecule has 2 aromatic carbocycles. The Morgan fingerprint density at radius 1 is 1.25 bits per heavy atom. The molecule has 1 heterocycles. The molecule has 0 aliphatic carbocycles. The normalized spacial score (nSPS) is 17.4. The summed E-state index contributed by atoms with van der Waals surface area (Å²) >= 11 is 6.27. The van der Waals surface area contributed by atoms with Gasteiger partial charge in [0, 0.05) is 23.2 Å². The van der Waals surface area contributed by atoms with E-state index in [0.29, 0.717) is 5.02 Å². The molecule has 1 amide bonds. The van der Waals surface area contributed by atoms with Crippen molar-refractivity contribution in [2.75, 3.05) is 27.3 Å². The quantitative estimate of drug-likeness (QED) is 0.747. The zero-order valence-electron chi connectivity index (χ0n) is 16.6. The number of carbonyl (C=O) groups is 1. The molecule has 1 fully saturated rings. The van der Waals surface area contributed by atoms with Crippen LogP contribution in [-0.4, -0.2) is 38.1 Å². The highest BCUT2D eigenvalue weighted by molar-refractivity contribution is 6.31. The van der Waals surface area contributed by atoms with Crippen LogP contribution < -0.4 is 14.8 Å². The summed E-state index contributed by atoms with van der Waals surface area (Å²) in [5.41, 5.74) is 1.98. The van der Waals surface area contributed by atoms with Gasteiger partial charge in [0.15, 0.2) is 0 Å². The minimum atomic E-state index is -0.00921. The van der Waals surface area contributed by atoms with Crippen molar-refractivity contribution in [3.05, 3.63) is 58.6 Å². The summed E-state index contributed by atoms with van der Waals surface area (Å²) in [5.74, 6) is 1.62. The maximum absolute atomic E-state index is 13.0. The molecule has 1 N–H and O–H groups in total. The van der Waals surface area contributed by atoms with Crippen LogP contribution in [0.2, 0.25) is 5.02 Å². The van der Waals surface area contributed by atoms with Crippen molar-refractivity contribution < 1.29 is 14.3 Å². The van der Waals surface area contributed by atoms with Gasteiger partial charge in [-0.15, -0.1) is 0 Å². The summed E-state index contributed by atoms with van der Waals surface area (Å²) in [5, 5.41) is 4.01. The highest BCUT2D eigenvalue weighted by Gasteiger charge is 2.32. The Balaban J connectivity index is 1.71. The van der Waals surface area contributed by atoms with Gasteiger partial charge in [0.1, 0.15) is 11.5 Å². The lowest BCUT2D eigenvalue weighted by Gasteiger charge is -2.27. The lowest BCUT2D eigenvalue weighted by Crippen LogP contribution is -2.38. The molecule has 2 atom stereocenters. The maximum atomic E-state index is 13.0. The number of hydrogen-bond acceptors (Lipinski definition) is 4. The fourth-order valence-electron chi connectivity index (χ4n) is 3.77. The van der Waals surface area contributed by atoms with E-state index in [2.05, 4.69) is 5.32 Å². The number of nitrogens with zero attached hydrogens (tertiary/aromatic N) is 1. The molecule has 5 nitrogen and oxygen atoms in total. The van der Waals surface area contributed by atoms with Crippen molar-refractivity contribution >= 4 is 17.5 Å². The van der Waals surface area contributed by atoms with Gasteiger partial charge in [0.25, 0.3) is 0 Å². The first kappa shape index (κ1) is 20.5. The van der Waals surface area contributed by atoms with Crippen LogP contribution in [0.5, 0.6) is 11.5 Å². The number of rotatable bonds is 7. The molecule has 1 aliphatic heterocycles. The molecule has 2 aromatic rings. The monoisotopic (exact) mass is 402 g/mol. The van der Waals surface area contributed by atoms with E-state index in [1.807, 2.05) is 54.3 Å². The second-order valence-electron chi connectivity index (χ2n) is 6.98. The molecule has 0 radical (unpaired) electrons. The highest BCUT2D eigenvalue weighted by atomic mass is 35.5. The summed E-state index contributed by atoms with van der Waals surface area (Å²) in [7, 11) is 3.29. The Hall–Kier alpha value is -2.24. The Kier molecular flexibility index (Phi) is 6.81. The van der Waals surface area contributed by atoms with Crippen molar-refractivity contribution in [2.45, 2.75) is 31.8 Å². The minimum Gasteiger partial charge on any atom is -0.497 e. The van der Waals surface area contributed by atoms with Crippen LogP contribution in [0.3, 0.4) is 0 Å². The van der Waals surface area contributed by atoms with Crippen LogP contribution in [0.4, 0.5) is 0 Å². The van der Waals surface area contributed by atoms with Crippen molar-refractivity contribution in [1.82, 2.24) is 10.2 Å². The summed E-state index contributed by atoms with van der Waals surface area (Å²) < 4.78 is 10.9. The van der Waals surface area contributed by atoms with E-state index in [9.17, 15) is 4.79 Å². The summed E-state index contributed by atoms with van der Waals surface area (Å²) in [6, 6.07) is 13.4. The average Bonchev–Trinajstić information content (AvgIpc) is 3.21. The van der Waals surface area contributed by atoms with E-state index < -0.39 is 0 Å². The first-order valence-electron chi connectivity index (χ1n) is 9.54. The number of halogens is 1. The zero-order valence-corrected chi connectivity index (χ0v) is 17.3. The molecule has 0 unspecified atom stereocenters. The van der Waals surface area contributed by atoms with Crippen molar-refractivity contribution in [2.24, 2.45) is 0 Å². The molecule has 150 valence electrons. The standard InChI is InChI=1S/C22H27ClN2O3/c1-15(17-7-4-5-8-19(17)23)24-14-22(26)25-12-6-9-20(25)18-13-16(27-2)10-11-21(18)28-3/h4-5,7-8,10-11,13,15,20,24H,6,9,12,14H2,1-3H3/t15-,20-/m1/s1. The van der Waals surface area contributed by atoms with E-state index in [-0.39, 0.29) is 24.5 Å². The smallest absolute Gasteiger partial charge is 0.237 e. The Morgan fingerprint density at radius 2 is 2.04 bits per heavy atom. The van der Waals surface area contributed by atoms with Gasteiger partial charge in [-0.05, 0) is 49.6 Å². The molecule has 6 heteroatoms. The van der Waals surface area contributed by atoms with Crippen LogP contribution in [0.25, 0.3) is 0 Å². The third kappa shape index (κ3) is 4.42. The SMILES string of the molecule is COc1ccc(OC)c([C@H]2CCCN2C(=O)CN[C@H](C)c2ccccc2Cl)c1.